The fraction of sp³-hybridized carbons (Fsp3) is 0.556. The average Bonchev–Trinajstić information content (AvgIpc) is 2.54. The van der Waals surface area contributed by atoms with Crippen LogP contribution in [0.4, 0.5) is 29.3 Å². The normalized spacial score (nSPS) is 15.9. The maximum Gasteiger partial charge on any atom is 0.416 e. The van der Waals surface area contributed by atoms with Crippen molar-refractivity contribution in [3.63, 3.8) is 0 Å². The minimum Gasteiger partial charge on any atom is -0.444 e. The highest BCUT2D eigenvalue weighted by Crippen LogP contribution is 2.34. The minimum atomic E-state index is -4.58. The molecule has 6 nitrogen and oxygen atoms in total. The molecule has 150 valence electrons. The molecular formula is C18H23F3N2O4. The number of carbonyl (C=O) groups excluding carboxylic acids is 2. The summed E-state index contributed by atoms with van der Waals surface area (Å²) >= 11 is 0. The van der Waals surface area contributed by atoms with Gasteiger partial charge < -0.3 is 14.8 Å². The van der Waals surface area contributed by atoms with Gasteiger partial charge in [0.05, 0.1) is 16.9 Å². The molecule has 2 amide bonds. The zero-order chi connectivity index (χ0) is 20.2. The molecule has 2 N–H and O–H groups in total. The smallest absolute Gasteiger partial charge is 0.416 e. The van der Waals surface area contributed by atoms with Gasteiger partial charge in [0.1, 0.15) is 5.60 Å². The van der Waals surface area contributed by atoms with Gasteiger partial charge in [0.25, 0.3) is 0 Å². The van der Waals surface area contributed by atoms with Gasteiger partial charge in [-0.2, -0.15) is 13.2 Å². The van der Waals surface area contributed by atoms with Crippen LogP contribution < -0.4 is 10.6 Å². The monoisotopic (exact) mass is 388 g/mol. The van der Waals surface area contributed by atoms with Crippen molar-refractivity contribution in [3.05, 3.63) is 23.8 Å². The van der Waals surface area contributed by atoms with E-state index in [0.717, 1.165) is 18.2 Å². The first-order valence-corrected chi connectivity index (χ1v) is 8.55. The SMILES string of the molecule is CC(C)(C)OC(=O)Nc1ccc(C(F)(F)F)cc1NC(=O)C1CCOCC1. The van der Waals surface area contributed by atoms with Gasteiger partial charge in [0.2, 0.25) is 5.91 Å². The van der Waals surface area contributed by atoms with Crippen molar-refractivity contribution >= 4 is 23.4 Å². The molecule has 1 aliphatic rings. The third-order valence-corrected chi connectivity index (χ3v) is 3.83. The Morgan fingerprint density at radius 2 is 1.70 bits per heavy atom. The lowest BCUT2D eigenvalue weighted by Crippen LogP contribution is -2.30. The lowest BCUT2D eigenvalue weighted by molar-refractivity contribution is -0.137. The third kappa shape index (κ3) is 6.42. The van der Waals surface area contributed by atoms with Crippen LogP contribution in [-0.4, -0.2) is 30.8 Å². The van der Waals surface area contributed by atoms with Crippen molar-refractivity contribution in [2.24, 2.45) is 5.92 Å². The van der Waals surface area contributed by atoms with Crippen LogP contribution in [0, 0.1) is 5.92 Å². The van der Waals surface area contributed by atoms with Crippen LogP contribution in [0.2, 0.25) is 0 Å². The molecule has 0 saturated carbocycles. The quantitative estimate of drug-likeness (QED) is 0.804. The van der Waals surface area contributed by atoms with E-state index in [1.165, 1.54) is 0 Å². The summed E-state index contributed by atoms with van der Waals surface area (Å²) in [5.74, 6) is -0.771. The lowest BCUT2D eigenvalue weighted by atomic mass is 9.99. The minimum absolute atomic E-state index is 0.0256. The maximum absolute atomic E-state index is 13.0. The molecule has 0 spiro atoms. The molecule has 0 unspecified atom stereocenters. The summed E-state index contributed by atoms with van der Waals surface area (Å²) in [4.78, 5) is 24.4. The van der Waals surface area contributed by atoms with Gasteiger partial charge in [0.15, 0.2) is 0 Å². The van der Waals surface area contributed by atoms with Crippen LogP contribution in [-0.2, 0) is 20.4 Å². The second-order valence-electron chi connectivity index (χ2n) is 7.26. The maximum atomic E-state index is 13.0. The van der Waals surface area contributed by atoms with Crippen molar-refractivity contribution in [2.45, 2.75) is 45.4 Å². The molecule has 27 heavy (non-hydrogen) atoms. The number of carbonyl (C=O) groups is 2. The summed E-state index contributed by atoms with van der Waals surface area (Å²) in [5, 5.41) is 4.88. The van der Waals surface area contributed by atoms with Gasteiger partial charge in [-0.25, -0.2) is 4.79 Å². The Kier molecular flexibility index (Phi) is 6.35. The molecule has 1 fully saturated rings. The van der Waals surface area contributed by atoms with Gasteiger partial charge in [-0.15, -0.1) is 0 Å². The summed E-state index contributed by atoms with van der Waals surface area (Å²) in [5.41, 5.74) is -1.81. The summed E-state index contributed by atoms with van der Waals surface area (Å²) in [6, 6.07) is 2.72. The van der Waals surface area contributed by atoms with E-state index in [9.17, 15) is 22.8 Å². The predicted molar refractivity (Wildman–Crippen MR) is 93.5 cm³/mol. The van der Waals surface area contributed by atoms with E-state index in [1.54, 1.807) is 20.8 Å². The van der Waals surface area contributed by atoms with E-state index in [2.05, 4.69) is 10.6 Å². The van der Waals surface area contributed by atoms with Crippen LogP contribution in [0.5, 0.6) is 0 Å². The number of amides is 2. The van der Waals surface area contributed by atoms with Crippen molar-refractivity contribution in [1.82, 2.24) is 0 Å². The molecule has 1 aromatic carbocycles. The number of nitrogens with one attached hydrogen (secondary N) is 2. The van der Waals surface area contributed by atoms with Crippen molar-refractivity contribution in [3.8, 4) is 0 Å². The van der Waals surface area contributed by atoms with Gasteiger partial charge in [-0.3, -0.25) is 10.1 Å². The molecule has 1 aliphatic heterocycles. The van der Waals surface area contributed by atoms with E-state index in [0.29, 0.717) is 26.1 Å². The Bertz CT molecular complexity index is 693. The Labute approximate surface area is 155 Å². The number of ether oxygens (including phenoxy) is 2. The molecule has 0 aliphatic carbocycles. The topological polar surface area (TPSA) is 76.7 Å². The Balaban J connectivity index is 2.24. The number of benzene rings is 1. The predicted octanol–water partition coefficient (Wildman–Crippen LogP) is 4.42. The number of anilines is 2. The van der Waals surface area contributed by atoms with E-state index >= 15 is 0 Å². The van der Waals surface area contributed by atoms with Crippen LogP contribution in [0.1, 0.15) is 39.2 Å². The number of rotatable bonds is 3. The highest BCUT2D eigenvalue weighted by atomic mass is 19.4. The zero-order valence-corrected chi connectivity index (χ0v) is 15.4. The van der Waals surface area contributed by atoms with Crippen LogP contribution in [0.15, 0.2) is 18.2 Å². The number of hydrogen-bond donors (Lipinski definition) is 2. The molecule has 1 saturated heterocycles. The Morgan fingerprint density at radius 1 is 1.07 bits per heavy atom. The number of alkyl halides is 3. The fourth-order valence-corrected chi connectivity index (χ4v) is 2.54. The largest absolute Gasteiger partial charge is 0.444 e. The second-order valence-corrected chi connectivity index (χ2v) is 7.26. The van der Waals surface area contributed by atoms with Crippen LogP contribution in [0.3, 0.4) is 0 Å². The molecule has 1 aromatic rings. The molecule has 9 heteroatoms. The zero-order valence-electron chi connectivity index (χ0n) is 15.4. The molecular weight excluding hydrogens is 365 g/mol. The molecule has 2 rings (SSSR count). The summed E-state index contributed by atoms with van der Waals surface area (Å²) in [6.07, 6.45) is -4.44. The third-order valence-electron chi connectivity index (χ3n) is 3.83. The fourth-order valence-electron chi connectivity index (χ4n) is 2.54. The van der Waals surface area contributed by atoms with E-state index in [4.69, 9.17) is 9.47 Å². The number of halogens is 3. The molecule has 0 radical (unpaired) electrons. The van der Waals surface area contributed by atoms with Crippen molar-refractivity contribution in [1.29, 1.82) is 0 Å². The van der Waals surface area contributed by atoms with Crippen molar-refractivity contribution < 1.29 is 32.2 Å². The number of hydrogen-bond acceptors (Lipinski definition) is 4. The van der Waals surface area contributed by atoms with E-state index in [-0.39, 0.29) is 17.3 Å². The van der Waals surface area contributed by atoms with E-state index < -0.39 is 29.3 Å². The first kappa shape index (κ1) is 21.0. The molecule has 0 atom stereocenters. The summed E-state index contributed by atoms with van der Waals surface area (Å²) in [7, 11) is 0. The first-order chi connectivity index (χ1) is 12.5. The van der Waals surface area contributed by atoms with Crippen molar-refractivity contribution in [2.75, 3.05) is 23.8 Å². The lowest BCUT2D eigenvalue weighted by Gasteiger charge is -2.23. The summed E-state index contributed by atoms with van der Waals surface area (Å²) < 4.78 is 49.4. The van der Waals surface area contributed by atoms with Crippen LogP contribution in [0.25, 0.3) is 0 Å². The van der Waals surface area contributed by atoms with Gasteiger partial charge in [-0.05, 0) is 51.8 Å². The van der Waals surface area contributed by atoms with Gasteiger partial charge >= 0.3 is 12.3 Å². The summed E-state index contributed by atoms with van der Waals surface area (Å²) in [6.45, 7) is 5.82. The highest BCUT2D eigenvalue weighted by molar-refractivity contribution is 5.99. The van der Waals surface area contributed by atoms with Crippen LogP contribution >= 0.6 is 0 Å². The first-order valence-electron chi connectivity index (χ1n) is 8.55. The van der Waals surface area contributed by atoms with Gasteiger partial charge in [0, 0.05) is 19.1 Å². The highest BCUT2D eigenvalue weighted by Gasteiger charge is 2.32. The molecule has 0 bridgehead atoms. The Hall–Kier alpha value is -2.29. The molecule has 1 heterocycles. The Morgan fingerprint density at radius 3 is 2.26 bits per heavy atom. The molecule has 0 aromatic heterocycles. The standard InChI is InChI=1S/C18H23F3N2O4/c1-17(2,3)27-16(25)23-13-5-4-12(18(19,20)21)10-14(13)22-15(24)11-6-8-26-9-7-11/h4-5,10-11H,6-9H2,1-3H3,(H,22,24)(H,23,25). The van der Waals surface area contributed by atoms with Gasteiger partial charge in [-0.1, -0.05) is 0 Å². The van der Waals surface area contributed by atoms with E-state index in [1.807, 2.05) is 0 Å². The second kappa shape index (κ2) is 8.16. The average molecular weight is 388 g/mol.